The number of ether oxygens (including phenoxy) is 1. The molecule has 0 spiro atoms. The third-order valence-corrected chi connectivity index (χ3v) is 5.38. The summed E-state index contributed by atoms with van der Waals surface area (Å²) in [5, 5.41) is 5.45. The average molecular weight is 383 g/mol. The summed E-state index contributed by atoms with van der Waals surface area (Å²) in [5.41, 5.74) is 0.943. The van der Waals surface area contributed by atoms with E-state index in [9.17, 15) is 0 Å². The number of hydrogen-bond acceptors (Lipinski definition) is 6. The van der Waals surface area contributed by atoms with Crippen LogP contribution in [0.5, 0.6) is 0 Å². The molecule has 2 aromatic rings. The number of nitrogens with one attached hydrogen (secondary N) is 1. The Morgan fingerprint density at radius 1 is 1.41 bits per heavy atom. The van der Waals surface area contributed by atoms with Crippen LogP contribution in [0.2, 0.25) is 0 Å². The van der Waals surface area contributed by atoms with Gasteiger partial charge < -0.3 is 10.1 Å². The lowest BCUT2D eigenvalue weighted by molar-refractivity contribution is 0.0368. The smallest absolute Gasteiger partial charge is 0.223 e. The van der Waals surface area contributed by atoms with Crippen molar-refractivity contribution in [1.82, 2.24) is 14.9 Å². The highest BCUT2D eigenvalue weighted by molar-refractivity contribution is 9.10. The molecule has 0 aromatic carbocycles. The molecule has 5 nitrogen and oxygen atoms in total. The predicted octanol–water partition coefficient (Wildman–Crippen LogP) is 3.10. The van der Waals surface area contributed by atoms with E-state index in [-0.39, 0.29) is 0 Å². The van der Waals surface area contributed by atoms with Crippen LogP contribution in [0.25, 0.3) is 10.6 Å². The molecule has 0 amide bonds. The maximum atomic E-state index is 5.38. The molecule has 7 heteroatoms. The molecule has 0 unspecified atom stereocenters. The van der Waals surface area contributed by atoms with Gasteiger partial charge >= 0.3 is 0 Å². The van der Waals surface area contributed by atoms with Crippen LogP contribution in [-0.2, 0) is 4.74 Å². The van der Waals surface area contributed by atoms with Crippen LogP contribution in [0.1, 0.15) is 6.92 Å². The van der Waals surface area contributed by atoms with Crippen LogP contribution < -0.4 is 5.32 Å². The van der Waals surface area contributed by atoms with Crippen LogP contribution in [0.15, 0.2) is 28.2 Å². The van der Waals surface area contributed by atoms with E-state index in [2.05, 4.69) is 48.4 Å². The maximum Gasteiger partial charge on any atom is 0.223 e. The van der Waals surface area contributed by atoms with Crippen LogP contribution in [-0.4, -0.2) is 53.8 Å². The first kappa shape index (κ1) is 15.9. The first-order valence-electron chi connectivity index (χ1n) is 7.35. The second-order valence-electron chi connectivity index (χ2n) is 5.32. The van der Waals surface area contributed by atoms with Gasteiger partial charge in [-0.2, -0.15) is 0 Å². The normalized spacial score (nSPS) is 17.4. The Bertz CT molecular complexity index is 615. The highest BCUT2D eigenvalue weighted by Crippen LogP contribution is 2.32. The zero-order valence-corrected chi connectivity index (χ0v) is 14.9. The SMILES string of the molecule is C[C@H](CN1CCOCC1)Nc1nccc(-c2sccc2Br)n1. The van der Waals surface area contributed by atoms with Gasteiger partial charge in [-0.05, 0) is 40.4 Å². The number of rotatable bonds is 5. The minimum Gasteiger partial charge on any atom is -0.379 e. The summed E-state index contributed by atoms with van der Waals surface area (Å²) < 4.78 is 6.45. The van der Waals surface area contributed by atoms with Gasteiger partial charge in [0.05, 0.1) is 23.8 Å². The molecule has 1 N–H and O–H groups in total. The van der Waals surface area contributed by atoms with Gasteiger partial charge in [0, 0.05) is 36.3 Å². The first-order chi connectivity index (χ1) is 10.7. The zero-order valence-electron chi connectivity index (χ0n) is 12.5. The summed E-state index contributed by atoms with van der Waals surface area (Å²) in [6.45, 7) is 6.77. The van der Waals surface area contributed by atoms with E-state index in [1.807, 2.05) is 12.1 Å². The highest BCUT2D eigenvalue weighted by atomic mass is 79.9. The molecule has 1 atom stereocenters. The standard InChI is InChI=1S/C15H19BrN4OS/c1-11(10-20-5-7-21-8-6-20)18-15-17-4-2-13(19-15)14-12(16)3-9-22-14/h2-4,9,11H,5-8,10H2,1H3,(H,17,18,19)/t11-/m1/s1. The molecule has 3 heterocycles. The van der Waals surface area contributed by atoms with Gasteiger partial charge in [-0.3, -0.25) is 4.90 Å². The molecule has 0 aliphatic carbocycles. The van der Waals surface area contributed by atoms with E-state index in [0.717, 1.165) is 47.9 Å². The van der Waals surface area contributed by atoms with Crippen LogP contribution in [0, 0.1) is 0 Å². The molecular formula is C15H19BrN4OS. The number of morpholine rings is 1. The van der Waals surface area contributed by atoms with Gasteiger partial charge in [-0.25, -0.2) is 9.97 Å². The molecule has 1 saturated heterocycles. The van der Waals surface area contributed by atoms with Crippen molar-refractivity contribution < 1.29 is 4.74 Å². The van der Waals surface area contributed by atoms with Crippen molar-refractivity contribution in [2.24, 2.45) is 0 Å². The van der Waals surface area contributed by atoms with E-state index in [0.29, 0.717) is 12.0 Å². The Morgan fingerprint density at radius 2 is 2.23 bits per heavy atom. The molecule has 118 valence electrons. The summed E-state index contributed by atoms with van der Waals surface area (Å²) >= 11 is 5.23. The monoisotopic (exact) mass is 382 g/mol. The lowest BCUT2D eigenvalue weighted by Crippen LogP contribution is -2.42. The molecule has 0 radical (unpaired) electrons. The van der Waals surface area contributed by atoms with Crippen molar-refractivity contribution in [3.8, 4) is 10.6 Å². The molecule has 1 aliphatic rings. The fourth-order valence-electron chi connectivity index (χ4n) is 2.47. The second kappa shape index (κ2) is 7.50. The van der Waals surface area contributed by atoms with Gasteiger partial charge in [0.1, 0.15) is 0 Å². The van der Waals surface area contributed by atoms with Gasteiger partial charge in [-0.15, -0.1) is 11.3 Å². The minimum absolute atomic E-state index is 0.292. The number of halogens is 1. The summed E-state index contributed by atoms with van der Waals surface area (Å²) in [6, 6.07) is 4.27. The fraction of sp³-hybridized carbons (Fsp3) is 0.467. The maximum absolute atomic E-state index is 5.38. The summed E-state index contributed by atoms with van der Waals surface area (Å²) in [5.74, 6) is 0.679. The Kier molecular flexibility index (Phi) is 5.41. The van der Waals surface area contributed by atoms with E-state index >= 15 is 0 Å². The van der Waals surface area contributed by atoms with Crippen molar-refractivity contribution in [2.75, 3.05) is 38.2 Å². The number of aromatic nitrogens is 2. The summed E-state index contributed by atoms with van der Waals surface area (Å²) in [4.78, 5) is 12.5. The molecule has 2 aromatic heterocycles. The quantitative estimate of drug-likeness (QED) is 0.860. The van der Waals surface area contributed by atoms with E-state index < -0.39 is 0 Å². The fourth-order valence-corrected chi connectivity index (χ4v) is 4.01. The van der Waals surface area contributed by atoms with Crippen molar-refractivity contribution >= 4 is 33.2 Å². The van der Waals surface area contributed by atoms with Gasteiger partial charge in [-0.1, -0.05) is 0 Å². The predicted molar refractivity (Wildman–Crippen MR) is 93.4 cm³/mol. The number of hydrogen-bond donors (Lipinski definition) is 1. The lowest BCUT2D eigenvalue weighted by Gasteiger charge is -2.29. The number of anilines is 1. The highest BCUT2D eigenvalue weighted by Gasteiger charge is 2.15. The lowest BCUT2D eigenvalue weighted by atomic mass is 10.3. The minimum atomic E-state index is 0.292. The van der Waals surface area contributed by atoms with E-state index in [4.69, 9.17) is 4.74 Å². The third kappa shape index (κ3) is 4.04. The Balaban J connectivity index is 1.63. The Morgan fingerprint density at radius 3 is 2.95 bits per heavy atom. The molecule has 3 rings (SSSR count). The van der Waals surface area contributed by atoms with Gasteiger partial charge in [0.15, 0.2) is 0 Å². The second-order valence-corrected chi connectivity index (χ2v) is 7.09. The van der Waals surface area contributed by atoms with Crippen molar-refractivity contribution in [3.05, 3.63) is 28.2 Å². The third-order valence-electron chi connectivity index (χ3n) is 3.52. The van der Waals surface area contributed by atoms with Gasteiger partial charge in [0.25, 0.3) is 0 Å². The zero-order chi connectivity index (χ0) is 15.4. The topological polar surface area (TPSA) is 50.3 Å². The summed E-state index contributed by atoms with van der Waals surface area (Å²) in [7, 11) is 0. The van der Waals surface area contributed by atoms with Crippen molar-refractivity contribution in [1.29, 1.82) is 0 Å². The number of nitrogens with zero attached hydrogens (tertiary/aromatic N) is 3. The van der Waals surface area contributed by atoms with E-state index in [1.54, 1.807) is 17.5 Å². The molecule has 1 aliphatic heterocycles. The van der Waals surface area contributed by atoms with E-state index in [1.165, 1.54) is 0 Å². The average Bonchev–Trinajstić information content (AvgIpc) is 2.94. The van der Waals surface area contributed by atoms with Crippen molar-refractivity contribution in [2.45, 2.75) is 13.0 Å². The van der Waals surface area contributed by atoms with Gasteiger partial charge in [0.2, 0.25) is 5.95 Å². The molecular weight excluding hydrogens is 364 g/mol. The van der Waals surface area contributed by atoms with Crippen molar-refractivity contribution in [3.63, 3.8) is 0 Å². The molecule has 1 fully saturated rings. The number of thiophene rings is 1. The largest absolute Gasteiger partial charge is 0.379 e. The van der Waals surface area contributed by atoms with Crippen LogP contribution in [0.3, 0.4) is 0 Å². The summed E-state index contributed by atoms with van der Waals surface area (Å²) in [6.07, 6.45) is 1.80. The first-order valence-corrected chi connectivity index (χ1v) is 9.02. The molecule has 0 saturated carbocycles. The Labute approximate surface area is 142 Å². The van der Waals surface area contributed by atoms with Crippen LogP contribution >= 0.6 is 27.3 Å². The molecule has 22 heavy (non-hydrogen) atoms. The Hall–Kier alpha value is -1.02. The van der Waals surface area contributed by atoms with Crippen LogP contribution in [0.4, 0.5) is 5.95 Å². The molecule has 0 bridgehead atoms.